The second kappa shape index (κ2) is 5.93. The molecule has 3 rings (SSSR count). The molecule has 0 aliphatic carbocycles. The number of ether oxygens (including phenoxy) is 1. The highest BCUT2D eigenvalue weighted by Gasteiger charge is 2.22. The van der Waals surface area contributed by atoms with Crippen molar-refractivity contribution in [3.05, 3.63) is 59.4 Å². The lowest BCUT2D eigenvalue weighted by molar-refractivity contribution is 0.180. The summed E-state index contributed by atoms with van der Waals surface area (Å²) < 4.78 is 5.49. The number of hydrogen-bond donors (Lipinski definition) is 1. The summed E-state index contributed by atoms with van der Waals surface area (Å²) in [5.74, 6) is 1.37. The van der Waals surface area contributed by atoms with Gasteiger partial charge in [0.25, 0.3) is 0 Å². The van der Waals surface area contributed by atoms with E-state index in [0.717, 1.165) is 22.4 Å². The number of rotatable bonds is 4. The van der Waals surface area contributed by atoms with Crippen LogP contribution in [0.4, 0.5) is 0 Å². The molecule has 2 heterocycles. The largest absolute Gasteiger partial charge is 0.494 e. The molecule has 1 aromatic heterocycles. The van der Waals surface area contributed by atoms with Gasteiger partial charge in [-0.1, -0.05) is 6.07 Å². The molecule has 108 valence electrons. The summed E-state index contributed by atoms with van der Waals surface area (Å²) in [6.07, 6.45) is 3.37. The van der Waals surface area contributed by atoms with Gasteiger partial charge in [-0.2, -0.15) is 0 Å². The summed E-state index contributed by atoms with van der Waals surface area (Å²) in [5, 5.41) is 0. The van der Waals surface area contributed by atoms with Crippen molar-refractivity contribution < 1.29 is 9.57 Å². The van der Waals surface area contributed by atoms with Crippen molar-refractivity contribution in [1.29, 1.82) is 0 Å². The van der Waals surface area contributed by atoms with Crippen LogP contribution in [0.1, 0.15) is 29.8 Å². The maximum Gasteiger partial charge on any atom is 0.242 e. The average Bonchev–Trinajstić information content (AvgIpc) is 2.98. The first-order valence-electron chi connectivity index (χ1n) is 6.91. The first-order valence-corrected chi connectivity index (χ1v) is 6.91. The van der Waals surface area contributed by atoms with Gasteiger partial charge in [0.15, 0.2) is 6.17 Å². The van der Waals surface area contributed by atoms with Crippen LogP contribution in [0, 0.1) is 6.92 Å². The fraction of sp³-hybridized carbons (Fsp3) is 0.250. The van der Waals surface area contributed by atoms with E-state index >= 15 is 0 Å². The first kappa shape index (κ1) is 13.6. The molecule has 5 heteroatoms. The van der Waals surface area contributed by atoms with E-state index in [9.17, 15) is 0 Å². The van der Waals surface area contributed by atoms with Crippen LogP contribution in [0.2, 0.25) is 0 Å². The predicted octanol–water partition coefficient (Wildman–Crippen LogP) is 2.77. The number of pyridine rings is 1. The second-order valence-electron chi connectivity index (χ2n) is 4.81. The Morgan fingerprint density at radius 2 is 2.19 bits per heavy atom. The molecular weight excluding hydrogens is 266 g/mol. The third-order valence-electron chi connectivity index (χ3n) is 3.12. The monoisotopic (exact) mass is 283 g/mol. The molecular formula is C16H17N3O2. The number of nitrogens with one attached hydrogen (secondary N) is 1. The van der Waals surface area contributed by atoms with Crippen LogP contribution >= 0.6 is 0 Å². The van der Waals surface area contributed by atoms with E-state index < -0.39 is 0 Å². The lowest BCUT2D eigenvalue weighted by atomic mass is 10.2. The Bertz CT molecular complexity index is 670. The van der Waals surface area contributed by atoms with E-state index in [1.54, 1.807) is 6.20 Å². The molecule has 21 heavy (non-hydrogen) atoms. The fourth-order valence-electron chi connectivity index (χ4n) is 2.17. The summed E-state index contributed by atoms with van der Waals surface area (Å²) >= 11 is 0. The van der Waals surface area contributed by atoms with Crippen molar-refractivity contribution in [2.24, 2.45) is 4.99 Å². The zero-order valence-corrected chi connectivity index (χ0v) is 12.0. The molecule has 0 bridgehead atoms. The Hall–Kier alpha value is -2.40. The van der Waals surface area contributed by atoms with E-state index in [4.69, 9.17) is 9.57 Å². The minimum atomic E-state index is -0.233. The van der Waals surface area contributed by atoms with Gasteiger partial charge in [-0.3, -0.25) is 4.98 Å². The van der Waals surface area contributed by atoms with Crippen molar-refractivity contribution in [3.8, 4) is 5.75 Å². The number of aryl methyl sites for hydroxylation is 1. The lowest BCUT2D eigenvalue weighted by Crippen LogP contribution is -2.15. The Kier molecular flexibility index (Phi) is 3.83. The third-order valence-corrected chi connectivity index (χ3v) is 3.12. The van der Waals surface area contributed by atoms with Gasteiger partial charge in [0.1, 0.15) is 5.75 Å². The van der Waals surface area contributed by atoms with Crippen LogP contribution in [0.5, 0.6) is 5.75 Å². The number of hydroxylamine groups is 1. The number of aromatic nitrogens is 1. The highest BCUT2D eigenvalue weighted by atomic mass is 16.7. The van der Waals surface area contributed by atoms with Crippen LogP contribution in [0.3, 0.4) is 0 Å². The van der Waals surface area contributed by atoms with E-state index in [0.29, 0.717) is 12.5 Å². The zero-order chi connectivity index (χ0) is 14.7. The SMILES string of the molecule is CCOc1cccc(C2=NC(c3cncc(C)c3)NO2)c1. The minimum Gasteiger partial charge on any atom is -0.494 e. The van der Waals surface area contributed by atoms with Crippen molar-refractivity contribution in [2.45, 2.75) is 20.0 Å². The molecule has 0 saturated carbocycles. The highest BCUT2D eigenvalue weighted by Crippen LogP contribution is 2.23. The van der Waals surface area contributed by atoms with Gasteiger partial charge in [-0.25, -0.2) is 4.99 Å². The minimum absolute atomic E-state index is 0.233. The van der Waals surface area contributed by atoms with Crippen LogP contribution in [-0.4, -0.2) is 17.5 Å². The molecule has 1 aromatic carbocycles. The van der Waals surface area contributed by atoms with Gasteiger partial charge >= 0.3 is 0 Å². The third kappa shape index (κ3) is 3.03. The van der Waals surface area contributed by atoms with Gasteiger partial charge < -0.3 is 9.57 Å². The smallest absolute Gasteiger partial charge is 0.242 e. The van der Waals surface area contributed by atoms with E-state index in [1.807, 2.05) is 50.4 Å². The molecule has 5 nitrogen and oxygen atoms in total. The predicted molar refractivity (Wildman–Crippen MR) is 80.1 cm³/mol. The maximum atomic E-state index is 5.50. The molecule has 0 spiro atoms. The van der Waals surface area contributed by atoms with Crippen molar-refractivity contribution in [3.63, 3.8) is 0 Å². The summed E-state index contributed by atoms with van der Waals surface area (Å²) in [6.45, 7) is 4.59. The fourth-order valence-corrected chi connectivity index (χ4v) is 2.17. The Balaban J connectivity index is 1.84. The summed E-state index contributed by atoms with van der Waals surface area (Å²) in [7, 11) is 0. The Morgan fingerprint density at radius 1 is 1.29 bits per heavy atom. The molecule has 1 unspecified atom stereocenters. The van der Waals surface area contributed by atoms with Crippen LogP contribution in [0.15, 0.2) is 47.7 Å². The summed E-state index contributed by atoms with van der Waals surface area (Å²) in [6, 6.07) is 9.74. The maximum absolute atomic E-state index is 5.50. The summed E-state index contributed by atoms with van der Waals surface area (Å²) in [4.78, 5) is 14.2. The quantitative estimate of drug-likeness (QED) is 0.937. The summed E-state index contributed by atoms with van der Waals surface area (Å²) in [5.41, 5.74) is 5.87. The molecule has 0 saturated heterocycles. The molecule has 0 radical (unpaired) electrons. The van der Waals surface area contributed by atoms with Crippen molar-refractivity contribution in [1.82, 2.24) is 10.5 Å². The van der Waals surface area contributed by atoms with Gasteiger partial charge in [0.2, 0.25) is 5.90 Å². The van der Waals surface area contributed by atoms with Gasteiger partial charge in [-0.15, -0.1) is 5.48 Å². The highest BCUT2D eigenvalue weighted by molar-refractivity contribution is 5.95. The standard InChI is InChI=1S/C16H17N3O2/c1-3-20-14-6-4-5-12(8-14)16-18-15(19-21-16)13-7-11(2)9-17-10-13/h4-10,15,19H,3H2,1-2H3. The molecule has 1 aliphatic rings. The topological polar surface area (TPSA) is 55.7 Å². The lowest BCUT2D eigenvalue weighted by Gasteiger charge is -2.06. The van der Waals surface area contributed by atoms with Gasteiger partial charge in [0.05, 0.1) is 6.61 Å². The Labute approximate surface area is 123 Å². The molecule has 0 amide bonds. The average molecular weight is 283 g/mol. The number of aliphatic imine (C=N–C) groups is 1. The van der Waals surface area contributed by atoms with E-state index in [-0.39, 0.29) is 6.17 Å². The normalized spacial score (nSPS) is 17.2. The zero-order valence-electron chi connectivity index (χ0n) is 12.0. The molecule has 2 aromatic rings. The van der Waals surface area contributed by atoms with Crippen molar-refractivity contribution in [2.75, 3.05) is 6.61 Å². The van der Waals surface area contributed by atoms with Gasteiger partial charge in [0, 0.05) is 23.5 Å². The van der Waals surface area contributed by atoms with Crippen molar-refractivity contribution >= 4 is 5.90 Å². The number of benzene rings is 1. The van der Waals surface area contributed by atoms with E-state index in [2.05, 4.69) is 15.5 Å². The molecule has 1 N–H and O–H groups in total. The number of hydrogen-bond acceptors (Lipinski definition) is 5. The number of nitrogens with zero attached hydrogens (tertiary/aromatic N) is 2. The van der Waals surface area contributed by atoms with Crippen LogP contribution in [-0.2, 0) is 4.84 Å². The van der Waals surface area contributed by atoms with Crippen LogP contribution < -0.4 is 10.2 Å². The van der Waals surface area contributed by atoms with Crippen LogP contribution in [0.25, 0.3) is 0 Å². The Morgan fingerprint density at radius 3 is 3.00 bits per heavy atom. The molecule has 1 atom stereocenters. The first-order chi connectivity index (χ1) is 10.3. The van der Waals surface area contributed by atoms with E-state index in [1.165, 1.54) is 0 Å². The molecule has 0 fully saturated rings. The van der Waals surface area contributed by atoms with Gasteiger partial charge in [-0.05, 0) is 43.7 Å². The molecule has 1 aliphatic heterocycles. The second-order valence-corrected chi connectivity index (χ2v) is 4.81.